The quantitative estimate of drug-likeness (QED) is 0.758. The van der Waals surface area contributed by atoms with Crippen LogP contribution in [0, 0.1) is 11.8 Å². The molecular formula is C15H28N2. The van der Waals surface area contributed by atoms with E-state index in [4.69, 9.17) is 0 Å². The summed E-state index contributed by atoms with van der Waals surface area (Å²) in [5.41, 5.74) is 0. The van der Waals surface area contributed by atoms with E-state index < -0.39 is 0 Å². The maximum absolute atomic E-state index is 3.68. The molecule has 0 saturated carbocycles. The Morgan fingerprint density at radius 2 is 2.18 bits per heavy atom. The van der Waals surface area contributed by atoms with Crippen LogP contribution in [0.1, 0.15) is 40.0 Å². The molecule has 2 nitrogen and oxygen atoms in total. The topological polar surface area (TPSA) is 15.3 Å². The number of hydrogen-bond donors (Lipinski definition) is 1. The molecule has 0 aromatic rings. The summed E-state index contributed by atoms with van der Waals surface area (Å²) >= 11 is 0. The summed E-state index contributed by atoms with van der Waals surface area (Å²) in [5.74, 6) is 1.64. The van der Waals surface area contributed by atoms with Gasteiger partial charge in [0.1, 0.15) is 0 Å². The first-order valence-electron chi connectivity index (χ1n) is 7.29. The molecule has 0 bridgehead atoms. The van der Waals surface area contributed by atoms with Crippen LogP contribution < -0.4 is 5.32 Å². The fourth-order valence-corrected chi connectivity index (χ4v) is 3.00. The van der Waals surface area contributed by atoms with Crippen LogP contribution in [0.3, 0.4) is 0 Å². The molecule has 0 aromatic carbocycles. The Balaban J connectivity index is 1.86. The van der Waals surface area contributed by atoms with Crippen molar-refractivity contribution in [3.8, 4) is 0 Å². The minimum absolute atomic E-state index is 0.685. The van der Waals surface area contributed by atoms with Gasteiger partial charge in [-0.1, -0.05) is 26.0 Å². The zero-order chi connectivity index (χ0) is 12.3. The third-order valence-electron chi connectivity index (χ3n) is 4.41. The van der Waals surface area contributed by atoms with E-state index >= 15 is 0 Å². The maximum Gasteiger partial charge on any atom is 0.0218 e. The lowest BCUT2D eigenvalue weighted by Crippen LogP contribution is -2.57. The lowest BCUT2D eigenvalue weighted by molar-refractivity contribution is 0.102. The van der Waals surface area contributed by atoms with Crippen LogP contribution in [-0.4, -0.2) is 36.6 Å². The average Bonchev–Trinajstić information content (AvgIpc) is 2.33. The Morgan fingerprint density at radius 1 is 1.35 bits per heavy atom. The molecule has 1 saturated heterocycles. The second-order valence-corrected chi connectivity index (χ2v) is 6.21. The molecule has 3 atom stereocenters. The van der Waals surface area contributed by atoms with Gasteiger partial charge in [-0.2, -0.15) is 0 Å². The van der Waals surface area contributed by atoms with Crippen molar-refractivity contribution >= 4 is 0 Å². The van der Waals surface area contributed by atoms with Crippen LogP contribution in [0.25, 0.3) is 0 Å². The van der Waals surface area contributed by atoms with E-state index in [1.165, 1.54) is 32.4 Å². The Bertz CT molecular complexity index is 260. The Kier molecular flexibility index (Phi) is 4.63. The van der Waals surface area contributed by atoms with Crippen LogP contribution in [0.2, 0.25) is 0 Å². The second kappa shape index (κ2) is 6.01. The van der Waals surface area contributed by atoms with E-state index in [9.17, 15) is 0 Å². The highest BCUT2D eigenvalue weighted by molar-refractivity contribution is 4.93. The van der Waals surface area contributed by atoms with Crippen molar-refractivity contribution in [2.75, 3.05) is 19.6 Å². The first kappa shape index (κ1) is 13.1. The van der Waals surface area contributed by atoms with Crippen molar-refractivity contribution in [2.45, 2.75) is 52.1 Å². The number of hydrogen-bond acceptors (Lipinski definition) is 2. The predicted molar refractivity (Wildman–Crippen MR) is 74.1 cm³/mol. The molecule has 1 fully saturated rings. The summed E-state index contributed by atoms with van der Waals surface area (Å²) in [6.45, 7) is 10.7. The molecule has 3 unspecified atom stereocenters. The number of allylic oxidation sites excluding steroid dienone is 2. The van der Waals surface area contributed by atoms with Crippen molar-refractivity contribution in [3.05, 3.63) is 12.2 Å². The maximum atomic E-state index is 3.68. The van der Waals surface area contributed by atoms with Gasteiger partial charge in [0.2, 0.25) is 0 Å². The van der Waals surface area contributed by atoms with Gasteiger partial charge in [0.05, 0.1) is 0 Å². The molecule has 0 radical (unpaired) electrons. The van der Waals surface area contributed by atoms with Gasteiger partial charge in [-0.3, -0.25) is 4.90 Å². The van der Waals surface area contributed by atoms with Crippen LogP contribution in [0.4, 0.5) is 0 Å². The number of rotatable bonds is 3. The molecule has 98 valence electrons. The van der Waals surface area contributed by atoms with Crippen molar-refractivity contribution < 1.29 is 0 Å². The van der Waals surface area contributed by atoms with Gasteiger partial charge in [0.25, 0.3) is 0 Å². The second-order valence-electron chi connectivity index (χ2n) is 6.21. The molecule has 17 heavy (non-hydrogen) atoms. The van der Waals surface area contributed by atoms with Gasteiger partial charge >= 0.3 is 0 Å². The normalized spacial score (nSPS) is 35.4. The minimum Gasteiger partial charge on any atom is -0.311 e. The van der Waals surface area contributed by atoms with Crippen molar-refractivity contribution in [2.24, 2.45) is 11.8 Å². The number of piperazine rings is 1. The molecular weight excluding hydrogens is 208 g/mol. The molecule has 2 heteroatoms. The van der Waals surface area contributed by atoms with Crippen molar-refractivity contribution in [1.82, 2.24) is 10.2 Å². The monoisotopic (exact) mass is 236 g/mol. The third kappa shape index (κ3) is 3.56. The number of nitrogens with one attached hydrogen (secondary N) is 1. The first-order chi connectivity index (χ1) is 8.16. The van der Waals surface area contributed by atoms with E-state index in [0.29, 0.717) is 12.1 Å². The zero-order valence-corrected chi connectivity index (χ0v) is 11.7. The van der Waals surface area contributed by atoms with E-state index in [-0.39, 0.29) is 0 Å². The fourth-order valence-electron chi connectivity index (χ4n) is 3.00. The van der Waals surface area contributed by atoms with Gasteiger partial charge < -0.3 is 5.32 Å². The van der Waals surface area contributed by atoms with Gasteiger partial charge in [-0.05, 0) is 38.0 Å². The Morgan fingerprint density at radius 3 is 2.82 bits per heavy atom. The Hall–Kier alpha value is -0.340. The largest absolute Gasteiger partial charge is 0.311 e. The van der Waals surface area contributed by atoms with Crippen molar-refractivity contribution in [3.63, 3.8) is 0 Å². The Labute approximate surface area is 106 Å². The molecule has 1 aliphatic heterocycles. The smallest absolute Gasteiger partial charge is 0.0218 e. The van der Waals surface area contributed by atoms with Gasteiger partial charge in [0, 0.05) is 31.7 Å². The predicted octanol–water partition coefficient (Wildman–Crippen LogP) is 2.66. The van der Waals surface area contributed by atoms with Gasteiger partial charge in [-0.25, -0.2) is 0 Å². The molecule has 1 heterocycles. The van der Waals surface area contributed by atoms with E-state index in [2.05, 4.69) is 43.1 Å². The zero-order valence-electron chi connectivity index (χ0n) is 11.7. The highest BCUT2D eigenvalue weighted by Crippen LogP contribution is 2.22. The molecule has 0 aromatic heterocycles. The lowest BCUT2D eigenvalue weighted by atomic mass is 9.92. The molecule has 0 spiro atoms. The van der Waals surface area contributed by atoms with Crippen LogP contribution in [0.15, 0.2) is 12.2 Å². The molecule has 1 N–H and O–H groups in total. The highest BCUT2D eigenvalue weighted by Gasteiger charge is 2.28. The standard InChI is InChI=1S/C15H28N2/c1-12(2)15-11-17(13(3)9-16-15)10-14-7-5-4-6-8-14/h4-5,12-16H,6-11H2,1-3H3. The molecule has 0 amide bonds. The van der Waals surface area contributed by atoms with E-state index in [1.54, 1.807) is 0 Å². The summed E-state index contributed by atoms with van der Waals surface area (Å²) in [6, 6.07) is 1.39. The van der Waals surface area contributed by atoms with E-state index in [1.807, 2.05) is 0 Å². The van der Waals surface area contributed by atoms with Crippen LogP contribution in [-0.2, 0) is 0 Å². The summed E-state index contributed by atoms with van der Waals surface area (Å²) in [7, 11) is 0. The molecule has 1 aliphatic carbocycles. The summed E-state index contributed by atoms with van der Waals surface area (Å²) < 4.78 is 0. The van der Waals surface area contributed by atoms with Gasteiger partial charge in [0.15, 0.2) is 0 Å². The van der Waals surface area contributed by atoms with Crippen molar-refractivity contribution in [1.29, 1.82) is 0 Å². The molecule has 2 rings (SSSR count). The SMILES string of the molecule is CC(C)C1CN(CC2CC=CCC2)C(C)CN1. The lowest BCUT2D eigenvalue weighted by Gasteiger charge is -2.42. The summed E-state index contributed by atoms with van der Waals surface area (Å²) in [6.07, 6.45) is 8.69. The summed E-state index contributed by atoms with van der Waals surface area (Å²) in [4.78, 5) is 2.71. The van der Waals surface area contributed by atoms with Crippen LogP contribution >= 0.6 is 0 Å². The minimum atomic E-state index is 0.685. The number of nitrogens with zero attached hydrogens (tertiary/aromatic N) is 1. The van der Waals surface area contributed by atoms with Crippen LogP contribution in [0.5, 0.6) is 0 Å². The first-order valence-corrected chi connectivity index (χ1v) is 7.29. The summed E-state index contributed by atoms with van der Waals surface area (Å²) in [5, 5.41) is 3.68. The van der Waals surface area contributed by atoms with Gasteiger partial charge in [-0.15, -0.1) is 0 Å². The molecule has 2 aliphatic rings. The average molecular weight is 236 g/mol. The van der Waals surface area contributed by atoms with E-state index in [0.717, 1.165) is 18.4 Å². The third-order valence-corrected chi connectivity index (χ3v) is 4.41. The highest BCUT2D eigenvalue weighted by atomic mass is 15.2. The fraction of sp³-hybridized carbons (Fsp3) is 0.867.